The van der Waals surface area contributed by atoms with Crippen LogP contribution in [0.25, 0.3) is 0 Å². The number of nitrogens with zero attached hydrogens (tertiary/aromatic N) is 3. The molecule has 2 aliphatic heterocycles. The van der Waals surface area contributed by atoms with Crippen molar-refractivity contribution in [2.45, 2.75) is 51.2 Å². The van der Waals surface area contributed by atoms with Crippen LogP contribution < -0.4 is 0 Å². The molecular formula is C20H31N3O. The Hall–Kier alpha value is -1.39. The first kappa shape index (κ1) is 17.4. The molecule has 2 saturated heterocycles. The highest BCUT2D eigenvalue weighted by atomic mass is 16.2. The van der Waals surface area contributed by atoms with Crippen LogP contribution in [0.3, 0.4) is 0 Å². The molecular weight excluding hydrogens is 298 g/mol. The highest BCUT2D eigenvalue weighted by Crippen LogP contribution is 2.23. The molecule has 1 aromatic rings. The average molecular weight is 329 g/mol. The molecule has 2 fully saturated rings. The molecule has 2 heterocycles. The lowest BCUT2D eigenvalue weighted by Crippen LogP contribution is -2.53. The van der Waals surface area contributed by atoms with Crippen molar-refractivity contribution >= 4 is 5.91 Å². The smallest absolute Gasteiger partial charge is 0.219 e. The fourth-order valence-electron chi connectivity index (χ4n) is 4.22. The van der Waals surface area contributed by atoms with Crippen molar-refractivity contribution in [2.24, 2.45) is 0 Å². The van der Waals surface area contributed by atoms with E-state index in [0.29, 0.717) is 12.1 Å². The molecule has 1 aromatic carbocycles. The third-order valence-corrected chi connectivity index (χ3v) is 5.75. The number of likely N-dealkylation sites (N-methyl/N-ethyl adjacent to an activating group) is 1. The van der Waals surface area contributed by atoms with Gasteiger partial charge in [0.15, 0.2) is 0 Å². The van der Waals surface area contributed by atoms with Crippen molar-refractivity contribution in [3.05, 3.63) is 35.9 Å². The summed E-state index contributed by atoms with van der Waals surface area (Å²) < 4.78 is 0. The van der Waals surface area contributed by atoms with E-state index in [0.717, 1.165) is 32.5 Å². The first-order valence-corrected chi connectivity index (χ1v) is 9.37. The lowest BCUT2D eigenvalue weighted by atomic mass is 9.97. The summed E-state index contributed by atoms with van der Waals surface area (Å²) in [7, 11) is 2.26. The van der Waals surface area contributed by atoms with Gasteiger partial charge in [-0.05, 0) is 44.8 Å². The zero-order valence-corrected chi connectivity index (χ0v) is 15.2. The van der Waals surface area contributed by atoms with E-state index in [1.165, 1.54) is 31.5 Å². The van der Waals surface area contributed by atoms with Crippen LogP contribution in [0.15, 0.2) is 30.3 Å². The molecule has 0 saturated carbocycles. The van der Waals surface area contributed by atoms with Crippen molar-refractivity contribution in [3.8, 4) is 0 Å². The summed E-state index contributed by atoms with van der Waals surface area (Å²) in [5.74, 6) is 0.229. The minimum atomic E-state index is 0.229. The Kier molecular flexibility index (Phi) is 5.90. The number of carbonyl (C=O) groups excluding carboxylic acids is 1. The summed E-state index contributed by atoms with van der Waals surface area (Å²) in [6.45, 7) is 6.98. The first-order valence-electron chi connectivity index (χ1n) is 9.37. The second-order valence-corrected chi connectivity index (χ2v) is 7.43. The van der Waals surface area contributed by atoms with Gasteiger partial charge in [0.25, 0.3) is 0 Å². The maximum Gasteiger partial charge on any atom is 0.219 e. The molecule has 3 rings (SSSR count). The quantitative estimate of drug-likeness (QED) is 0.849. The van der Waals surface area contributed by atoms with Crippen LogP contribution in [-0.4, -0.2) is 65.9 Å². The predicted molar refractivity (Wildman–Crippen MR) is 97.8 cm³/mol. The van der Waals surface area contributed by atoms with E-state index in [2.05, 4.69) is 47.2 Å². The number of hydrogen-bond acceptors (Lipinski definition) is 3. The van der Waals surface area contributed by atoms with Gasteiger partial charge in [0.05, 0.1) is 0 Å². The Morgan fingerprint density at radius 3 is 2.50 bits per heavy atom. The molecule has 2 aliphatic rings. The fraction of sp³-hybridized carbons (Fsp3) is 0.650. The fourth-order valence-corrected chi connectivity index (χ4v) is 4.22. The highest BCUT2D eigenvalue weighted by molar-refractivity contribution is 5.73. The zero-order valence-electron chi connectivity index (χ0n) is 15.2. The lowest BCUT2D eigenvalue weighted by molar-refractivity contribution is -0.130. The largest absolute Gasteiger partial charge is 0.343 e. The van der Waals surface area contributed by atoms with Gasteiger partial charge in [0.2, 0.25) is 5.91 Å². The molecule has 0 spiro atoms. The number of carbonyl (C=O) groups is 1. The van der Waals surface area contributed by atoms with E-state index in [9.17, 15) is 4.79 Å². The van der Waals surface area contributed by atoms with Crippen molar-refractivity contribution in [2.75, 3.05) is 33.2 Å². The molecule has 4 nitrogen and oxygen atoms in total. The summed E-state index contributed by atoms with van der Waals surface area (Å²) >= 11 is 0. The summed E-state index contributed by atoms with van der Waals surface area (Å²) in [6.07, 6.45) is 4.85. The zero-order chi connectivity index (χ0) is 16.9. The van der Waals surface area contributed by atoms with Gasteiger partial charge >= 0.3 is 0 Å². The average Bonchev–Trinajstić information content (AvgIpc) is 2.63. The molecule has 0 aromatic heterocycles. The van der Waals surface area contributed by atoms with Crippen LogP contribution >= 0.6 is 0 Å². The highest BCUT2D eigenvalue weighted by Gasteiger charge is 2.30. The van der Waals surface area contributed by atoms with Gasteiger partial charge in [-0.3, -0.25) is 14.6 Å². The van der Waals surface area contributed by atoms with Crippen molar-refractivity contribution in [1.29, 1.82) is 0 Å². The SMILES string of the molecule is CC(=O)N1CCC(N2CCCC(N(C)Cc3ccccc3)C2)CC1. The summed E-state index contributed by atoms with van der Waals surface area (Å²) in [5, 5.41) is 0. The van der Waals surface area contributed by atoms with Crippen LogP contribution in [-0.2, 0) is 11.3 Å². The maximum atomic E-state index is 11.5. The van der Waals surface area contributed by atoms with Crippen LogP contribution in [0.4, 0.5) is 0 Å². The molecule has 0 radical (unpaired) electrons. The molecule has 1 unspecified atom stereocenters. The monoisotopic (exact) mass is 329 g/mol. The van der Waals surface area contributed by atoms with E-state index in [1.807, 2.05) is 4.90 Å². The summed E-state index contributed by atoms with van der Waals surface area (Å²) in [4.78, 5) is 18.7. The van der Waals surface area contributed by atoms with E-state index in [-0.39, 0.29) is 5.91 Å². The number of hydrogen-bond donors (Lipinski definition) is 0. The molecule has 132 valence electrons. The van der Waals surface area contributed by atoms with E-state index >= 15 is 0 Å². The second-order valence-electron chi connectivity index (χ2n) is 7.43. The van der Waals surface area contributed by atoms with E-state index in [4.69, 9.17) is 0 Å². The van der Waals surface area contributed by atoms with Crippen LogP contribution in [0, 0.1) is 0 Å². The molecule has 0 aliphatic carbocycles. The molecule has 1 atom stereocenters. The van der Waals surface area contributed by atoms with Gasteiger partial charge in [-0.2, -0.15) is 0 Å². The predicted octanol–water partition coefficient (Wildman–Crippen LogP) is 2.59. The molecule has 4 heteroatoms. The minimum absolute atomic E-state index is 0.229. The van der Waals surface area contributed by atoms with Gasteiger partial charge in [0.1, 0.15) is 0 Å². The molecule has 1 amide bonds. The van der Waals surface area contributed by atoms with Gasteiger partial charge in [-0.1, -0.05) is 30.3 Å². The Morgan fingerprint density at radius 1 is 1.12 bits per heavy atom. The van der Waals surface area contributed by atoms with Crippen molar-refractivity contribution < 1.29 is 4.79 Å². The van der Waals surface area contributed by atoms with Crippen molar-refractivity contribution in [3.63, 3.8) is 0 Å². The second kappa shape index (κ2) is 8.13. The number of rotatable bonds is 4. The number of benzene rings is 1. The maximum absolute atomic E-state index is 11.5. The number of amides is 1. The van der Waals surface area contributed by atoms with Gasteiger partial charge < -0.3 is 4.90 Å². The van der Waals surface area contributed by atoms with Crippen molar-refractivity contribution in [1.82, 2.24) is 14.7 Å². The van der Waals surface area contributed by atoms with E-state index < -0.39 is 0 Å². The Bertz CT molecular complexity index is 525. The Morgan fingerprint density at radius 2 is 1.83 bits per heavy atom. The molecule has 24 heavy (non-hydrogen) atoms. The van der Waals surface area contributed by atoms with Crippen LogP contribution in [0.2, 0.25) is 0 Å². The number of piperidine rings is 2. The van der Waals surface area contributed by atoms with Gasteiger partial charge in [-0.25, -0.2) is 0 Å². The summed E-state index contributed by atoms with van der Waals surface area (Å²) in [6, 6.07) is 12.1. The van der Waals surface area contributed by atoms with Crippen LogP contribution in [0.5, 0.6) is 0 Å². The first-order chi connectivity index (χ1) is 11.6. The van der Waals surface area contributed by atoms with Crippen LogP contribution in [0.1, 0.15) is 38.2 Å². The normalized spacial score (nSPS) is 23.6. The Labute approximate surface area is 146 Å². The van der Waals surface area contributed by atoms with E-state index in [1.54, 1.807) is 6.92 Å². The lowest BCUT2D eigenvalue weighted by Gasteiger charge is -2.44. The third kappa shape index (κ3) is 4.37. The topological polar surface area (TPSA) is 26.8 Å². The van der Waals surface area contributed by atoms with Gasteiger partial charge in [-0.15, -0.1) is 0 Å². The number of likely N-dealkylation sites (tertiary alicyclic amines) is 2. The molecule has 0 N–H and O–H groups in total. The Balaban J connectivity index is 1.52. The minimum Gasteiger partial charge on any atom is -0.343 e. The standard InChI is InChI=1S/C20H31N3O/c1-17(24)22-13-10-19(11-14-22)23-12-6-9-20(16-23)21(2)15-18-7-4-3-5-8-18/h3-5,7-8,19-20H,6,9-16H2,1-2H3. The molecule has 0 bridgehead atoms. The van der Waals surface area contributed by atoms with Gasteiger partial charge in [0, 0.05) is 45.2 Å². The third-order valence-electron chi connectivity index (χ3n) is 5.75. The summed E-state index contributed by atoms with van der Waals surface area (Å²) in [5.41, 5.74) is 1.40.